The lowest BCUT2D eigenvalue weighted by Gasteiger charge is -2.10. The van der Waals surface area contributed by atoms with Crippen molar-refractivity contribution in [3.63, 3.8) is 0 Å². The zero-order valence-electron chi connectivity index (χ0n) is 12.2. The Labute approximate surface area is 133 Å². The summed E-state index contributed by atoms with van der Waals surface area (Å²) in [6.07, 6.45) is 0. The van der Waals surface area contributed by atoms with E-state index in [1.165, 1.54) is 0 Å². The minimum absolute atomic E-state index is 0.120. The summed E-state index contributed by atoms with van der Waals surface area (Å²) in [5.74, 6) is 0.477. The van der Waals surface area contributed by atoms with E-state index in [0.29, 0.717) is 11.5 Å². The molecule has 2 rings (SSSR count). The first-order valence-electron chi connectivity index (χ1n) is 6.96. The number of hydrogen-bond donors (Lipinski definition) is 2. The van der Waals surface area contributed by atoms with E-state index < -0.39 is 0 Å². The van der Waals surface area contributed by atoms with Gasteiger partial charge in [0.15, 0.2) is 0 Å². The Bertz CT molecular complexity index is 608. The molecule has 2 aromatic rings. The molecule has 21 heavy (non-hydrogen) atoms. The van der Waals surface area contributed by atoms with Crippen molar-refractivity contribution in [3.05, 3.63) is 58.6 Å². The highest BCUT2D eigenvalue weighted by atomic mass is 79.9. The number of anilines is 2. The maximum atomic E-state index is 12.2. The number of carbonyl (C=O) groups excluding carboxylic acids is 1. The van der Waals surface area contributed by atoms with Gasteiger partial charge in [0.05, 0.1) is 5.56 Å². The van der Waals surface area contributed by atoms with E-state index in [1.54, 1.807) is 6.07 Å². The van der Waals surface area contributed by atoms with Gasteiger partial charge in [-0.25, -0.2) is 0 Å². The summed E-state index contributed by atoms with van der Waals surface area (Å²) < 4.78 is 0.790. The van der Waals surface area contributed by atoms with Crippen LogP contribution in [-0.4, -0.2) is 12.5 Å². The monoisotopic (exact) mass is 346 g/mol. The molecule has 0 aliphatic carbocycles. The Morgan fingerprint density at radius 3 is 2.29 bits per heavy atom. The Hall–Kier alpha value is -1.81. The van der Waals surface area contributed by atoms with Crippen molar-refractivity contribution in [2.24, 2.45) is 5.92 Å². The second kappa shape index (κ2) is 7.27. The zero-order chi connectivity index (χ0) is 15.2. The molecular weight excluding hydrogens is 328 g/mol. The number of carbonyl (C=O) groups is 1. The summed E-state index contributed by atoms with van der Waals surface area (Å²) in [5, 5.41) is 6.24. The molecule has 2 aromatic carbocycles. The third-order valence-electron chi connectivity index (χ3n) is 2.98. The van der Waals surface area contributed by atoms with Gasteiger partial charge in [-0.15, -0.1) is 0 Å². The molecule has 4 heteroatoms. The first-order valence-corrected chi connectivity index (χ1v) is 7.75. The summed E-state index contributed by atoms with van der Waals surface area (Å²) in [5.41, 5.74) is 2.47. The van der Waals surface area contributed by atoms with Crippen LogP contribution in [0.2, 0.25) is 0 Å². The van der Waals surface area contributed by atoms with Crippen LogP contribution in [0.4, 0.5) is 11.4 Å². The van der Waals surface area contributed by atoms with Crippen LogP contribution >= 0.6 is 15.9 Å². The summed E-state index contributed by atoms with van der Waals surface area (Å²) >= 11 is 3.39. The minimum atomic E-state index is -0.120. The smallest absolute Gasteiger partial charge is 0.256 e. The van der Waals surface area contributed by atoms with Gasteiger partial charge in [0.25, 0.3) is 5.91 Å². The van der Waals surface area contributed by atoms with Crippen molar-refractivity contribution in [1.29, 1.82) is 0 Å². The molecule has 0 unspecified atom stereocenters. The summed E-state index contributed by atoms with van der Waals surface area (Å²) in [6.45, 7) is 5.27. The van der Waals surface area contributed by atoms with Crippen molar-refractivity contribution in [2.75, 3.05) is 17.2 Å². The predicted molar refractivity (Wildman–Crippen MR) is 91.9 cm³/mol. The Morgan fingerprint density at radius 1 is 1.05 bits per heavy atom. The van der Waals surface area contributed by atoms with Gasteiger partial charge in [0.1, 0.15) is 0 Å². The molecule has 0 atom stereocenters. The minimum Gasteiger partial charge on any atom is -0.385 e. The predicted octanol–water partition coefficient (Wildman–Crippen LogP) is 4.77. The SMILES string of the molecule is CC(C)CNc1ccc(NC(=O)c2ccccc2Br)cc1. The molecule has 1 amide bonds. The van der Waals surface area contributed by atoms with Gasteiger partial charge in [0, 0.05) is 22.4 Å². The fourth-order valence-corrected chi connectivity index (χ4v) is 2.30. The largest absolute Gasteiger partial charge is 0.385 e. The second-order valence-electron chi connectivity index (χ2n) is 5.29. The standard InChI is InChI=1S/C17H19BrN2O/c1-12(2)11-19-13-7-9-14(10-8-13)20-17(21)15-5-3-4-6-16(15)18/h3-10,12,19H,11H2,1-2H3,(H,20,21). The number of halogens is 1. The highest BCUT2D eigenvalue weighted by molar-refractivity contribution is 9.10. The number of benzene rings is 2. The molecule has 0 fully saturated rings. The number of hydrogen-bond acceptors (Lipinski definition) is 2. The molecule has 0 aliphatic rings. The zero-order valence-corrected chi connectivity index (χ0v) is 13.8. The van der Waals surface area contributed by atoms with Crippen LogP contribution in [-0.2, 0) is 0 Å². The van der Waals surface area contributed by atoms with Crippen molar-refractivity contribution < 1.29 is 4.79 Å². The Kier molecular flexibility index (Phi) is 5.39. The lowest BCUT2D eigenvalue weighted by atomic mass is 10.2. The average molecular weight is 347 g/mol. The molecule has 2 N–H and O–H groups in total. The highest BCUT2D eigenvalue weighted by Gasteiger charge is 2.09. The maximum Gasteiger partial charge on any atom is 0.256 e. The van der Waals surface area contributed by atoms with Crippen molar-refractivity contribution in [1.82, 2.24) is 0 Å². The van der Waals surface area contributed by atoms with Crippen LogP contribution in [0.3, 0.4) is 0 Å². The molecular formula is C17H19BrN2O. The second-order valence-corrected chi connectivity index (χ2v) is 6.14. The number of amides is 1. The van der Waals surface area contributed by atoms with Crippen molar-refractivity contribution in [2.45, 2.75) is 13.8 Å². The van der Waals surface area contributed by atoms with E-state index >= 15 is 0 Å². The van der Waals surface area contributed by atoms with E-state index in [1.807, 2.05) is 42.5 Å². The van der Waals surface area contributed by atoms with Gasteiger partial charge < -0.3 is 10.6 Å². The summed E-state index contributed by atoms with van der Waals surface area (Å²) in [7, 11) is 0. The van der Waals surface area contributed by atoms with Crippen LogP contribution in [0.15, 0.2) is 53.0 Å². The topological polar surface area (TPSA) is 41.1 Å². The van der Waals surface area contributed by atoms with E-state index in [0.717, 1.165) is 22.4 Å². The lowest BCUT2D eigenvalue weighted by molar-refractivity contribution is 0.102. The first-order chi connectivity index (χ1) is 10.1. The van der Waals surface area contributed by atoms with E-state index in [4.69, 9.17) is 0 Å². The Balaban J connectivity index is 2.00. The molecule has 0 bridgehead atoms. The first kappa shape index (κ1) is 15.6. The molecule has 3 nitrogen and oxygen atoms in total. The molecule has 110 valence electrons. The summed E-state index contributed by atoms with van der Waals surface area (Å²) in [6, 6.07) is 15.1. The van der Waals surface area contributed by atoms with Crippen LogP contribution in [0.5, 0.6) is 0 Å². The molecule has 0 spiro atoms. The fraction of sp³-hybridized carbons (Fsp3) is 0.235. The third-order valence-corrected chi connectivity index (χ3v) is 3.67. The van der Waals surface area contributed by atoms with E-state index in [-0.39, 0.29) is 5.91 Å². The highest BCUT2D eigenvalue weighted by Crippen LogP contribution is 2.19. The van der Waals surface area contributed by atoms with E-state index in [9.17, 15) is 4.79 Å². The molecule has 0 aliphatic heterocycles. The van der Waals surface area contributed by atoms with Gasteiger partial charge >= 0.3 is 0 Å². The molecule has 0 aromatic heterocycles. The third kappa shape index (κ3) is 4.60. The van der Waals surface area contributed by atoms with Crippen LogP contribution in [0.25, 0.3) is 0 Å². The quantitative estimate of drug-likeness (QED) is 0.818. The maximum absolute atomic E-state index is 12.2. The van der Waals surface area contributed by atoms with Crippen LogP contribution in [0, 0.1) is 5.92 Å². The van der Waals surface area contributed by atoms with Crippen LogP contribution < -0.4 is 10.6 Å². The van der Waals surface area contributed by atoms with Gasteiger partial charge in [-0.1, -0.05) is 26.0 Å². The van der Waals surface area contributed by atoms with Gasteiger partial charge in [-0.2, -0.15) is 0 Å². The van der Waals surface area contributed by atoms with Crippen LogP contribution in [0.1, 0.15) is 24.2 Å². The lowest BCUT2D eigenvalue weighted by Crippen LogP contribution is -2.12. The Morgan fingerprint density at radius 2 is 1.67 bits per heavy atom. The number of rotatable bonds is 5. The van der Waals surface area contributed by atoms with Crippen molar-refractivity contribution in [3.8, 4) is 0 Å². The van der Waals surface area contributed by atoms with Gasteiger partial charge in [-0.05, 0) is 58.2 Å². The fourth-order valence-electron chi connectivity index (χ4n) is 1.84. The van der Waals surface area contributed by atoms with E-state index in [2.05, 4.69) is 40.4 Å². The van der Waals surface area contributed by atoms with Gasteiger partial charge in [0.2, 0.25) is 0 Å². The normalized spacial score (nSPS) is 10.5. The molecule has 0 saturated carbocycles. The molecule has 0 radical (unpaired) electrons. The van der Waals surface area contributed by atoms with Gasteiger partial charge in [-0.3, -0.25) is 4.79 Å². The molecule has 0 saturated heterocycles. The summed E-state index contributed by atoms with van der Waals surface area (Å²) in [4.78, 5) is 12.2. The average Bonchev–Trinajstić information content (AvgIpc) is 2.47. The van der Waals surface area contributed by atoms with Crippen molar-refractivity contribution >= 4 is 33.2 Å². The molecule has 0 heterocycles. The number of nitrogens with one attached hydrogen (secondary N) is 2.